The van der Waals surface area contributed by atoms with Gasteiger partial charge in [0.15, 0.2) is 6.61 Å². The third kappa shape index (κ3) is 4.76. The van der Waals surface area contributed by atoms with Crippen LogP contribution in [-0.4, -0.2) is 18.2 Å². The summed E-state index contributed by atoms with van der Waals surface area (Å²) in [4.78, 5) is 11.7. The third-order valence-corrected chi connectivity index (χ3v) is 3.37. The molecule has 22 heavy (non-hydrogen) atoms. The van der Waals surface area contributed by atoms with Crippen LogP contribution in [0.4, 0.5) is 0 Å². The first-order valence-corrected chi connectivity index (χ1v) is 7.28. The summed E-state index contributed by atoms with van der Waals surface area (Å²) in [6.45, 7) is 1.62. The average molecular weight is 337 g/mol. The number of para-hydroxylation sites is 1. The molecule has 0 unspecified atom stereocenters. The van der Waals surface area contributed by atoms with Gasteiger partial charge >= 0.3 is 0 Å². The van der Waals surface area contributed by atoms with Crippen LogP contribution in [0.5, 0.6) is 5.75 Å². The molecule has 0 bridgehead atoms. The van der Waals surface area contributed by atoms with Crippen molar-refractivity contribution in [2.24, 2.45) is 5.10 Å². The second-order valence-corrected chi connectivity index (χ2v) is 5.30. The minimum atomic E-state index is -0.367. The Morgan fingerprint density at radius 3 is 2.50 bits per heavy atom. The van der Waals surface area contributed by atoms with Crippen LogP contribution in [0, 0.1) is 0 Å². The lowest BCUT2D eigenvalue weighted by atomic mass is 10.1. The Bertz CT molecular complexity index is 685. The molecule has 0 saturated heterocycles. The van der Waals surface area contributed by atoms with Crippen molar-refractivity contribution in [3.8, 4) is 5.75 Å². The largest absolute Gasteiger partial charge is 0.482 e. The number of amides is 1. The van der Waals surface area contributed by atoms with E-state index < -0.39 is 0 Å². The maximum absolute atomic E-state index is 11.7. The smallest absolute Gasteiger partial charge is 0.277 e. The van der Waals surface area contributed by atoms with Crippen LogP contribution in [0.3, 0.4) is 0 Å². The minimum absolute atomic E-state index is 0.166. The van der Waals surface area contributed by atoms with Crippen molar-refractivity contribution in [3.63, 3.8) is 0 Å². The fourth-order valence-electron chi connectivity index (χ4n) is 1.64. The third-order valence-electron chi connectivity index (χ3n) is 2.81. The average Bonchev–Trinajstić information content (AvgIpc) is 2.52. The number of hydrogen-bond acceptors (Lipinski definition) is 3. The number of nitrogens with one attached hydrogen (secondary N) is 1. The summed E-state index contributed by atoms with van der Waals surface area (Å²) in [6, 6.07) is 14.1. The Balaban J connectivity index is 1.88. The molecule has 2 aromatic carbocycles. The van der Waals surface area contributed by atoms with E-state index in [9.17, 15) is 4.79 Å². The molecule has 114 valence electrons. The summed E-state index contributed by atoms with van der Waals surface area (Å²) >= 11 is 11.8. The van der Waals surface area contributed by atoms with Crippen molar-refractivity contribution in [3.05, 3.63) is 64.1 Å². The Kier molecular flexibility index (Phi) is 5.81. The highest BCUT2D eigenvalue weighted by atomic mass is 35.5. The molecular formula is C16H14Cl2N2O2. The van der Waals surface area contributed by atoms with Gasteiger partial charge in [0.1, 0.15) is 5.75 Å². The molecule has 0 aliphatic rings. The summed E-state index contributed by atoms with van der Waals surface area (Å²) in [6.07, 6.45) is 0. The SMILES string of the molecule is C/C(=N\NC(=O)COc1ccccc1Cl)c1ccc(Cl)cc1. The van der Waals surface area contributed by atoms with Crippen molar-refractivity contribution in [2.45, 2.75) is 6.92 Å². The lowest BCUT2D eigenvalue weighted by molar-refractivity contribution is -0.123. The van der Waals surface area contributed by atoms with E-state index in [1.807, 2.05) is 12.1 Å². The minimum Gasteiger partial charge on any atom is -0.482 e. The molecule has 2 rings (SSSR count). The monoisotopic (exact) mass is 336 g/mol. The summed E-state index contributed by atoms with van der Waals surface area (Å²) in [7, 11) is 0. The summed E-state index contributed by atoms with van der Waals surface area (Å²) in [5.74, 6) is 0.0888. The Morgan fingerprint density at radius 1 is 1.14 bits per heavy atom. The molecule has 0 spiro atoms. The molecule has 6 heteroatoms. The molecule has 0 atom stereocenters. The first-order chi connectivity index (χ1) is 10.6. The van der Waals surface area contributed by atoms with E-state index in [-0.39, 0.29) is 12.5 Å². The molecule has 0 aliphatic heterocycles. The van der Waals surface area contributed by atoms with Crippen LogP contribution in [0.1, 0.15) is 12.5 Å². The van der Waals surface area contributed by atoms with Crippen molar-refractivity contribution in [1.29, 1.82) is 0 Å². The van der Waals surface area contributed by atoms with Crippen LogP contribution in [0.15, 0.2) is 53.6 Å². The van der Waals surface area contributed by atoms with E-state index in [1.165, 1.54) is 0 Å². The molecule has 0 saturated carbocycles. The normalized spacial score (nSPS) is 11.1. The maximum atomic E-state index is 11.7. The first-order valence-electron chi connectivity index (χ1n) is 6.52. The number of carbonyl (C=O) groups is 1. The van der Waals surface area contributed by atoms with Crippen molar-refractivity contribution < 1.29 is 9.53 Å². The van der Waals surface area contributed by atoms with Crippen LogP contribution in [-0.2, 0) is 4.79 Å². The zero-order valence-corrected chi connectivity index (χ0v) is 13.4. The van der Waals surface area contributed by atoms with E-state index in [2.05, 4.69) is 10.5 Å². The number of benzene rings is 2. The fraction of sp³-hybridized carbons (Fsp3) is 0.125. The number of halogens is 2. The van der Waals surface area contributed by atoms with Gasteiger partial charge in [0.05, 0.1) is 10.7 Å². The second kappa shape index (κ2) is 7.82. The van der Waals surface area contributed by atoms with Gasteiger partial charge in [0.25, 0.3) is 5.91 Å². The zero-order chi connectivity index (χ0) is 15.9. The fourth-order valence-corrected chi connectivity index (χ4v) is 1.96. The highest BCUT2D eigenvalue weighted by Gasteiger charge is 2.05. The van der Waals surface area contributed by atoms with Gasteiger partial charge in [-0.1, -0.05) is 47.5 Å². The molecule has 0 fully saturated rings. The predicted molar refractivity (Wildman–Crippen MR) is 88.8 cm³/mol. The first kappa shape index (κ1) is 16.3. The topological polar surface area (TPSA) is 50.7 Å². The lowest BCUT2D eigenvalue weighted by Crippen LogP contribution is -2.25. The van der Waals surface area contributed by atoms with Crippen LogP contribution < -0.4 is 10.2 Å². The number of ether oxygens (including phenoxy) is 1. The molecule has 2 aromatic rings. The molecule has 1 amide bonds. The molecule has 1 N–H and O–H groups in total. The van der Waals surface area contributed by atoms with Crippen LogP contribution >= 0.6 is 23.2 Å². The van der Waals surface area contributed by atoms with Gasteiger partial charge in [0, 0.05) is 5.02 Å². The van der Waals surface area contributed by atoms with Gasteiger partial charge in [-0.15, -0.1) is 0 Å². The zero-order valence-electron chi connectivity index (χ0n) is 11.8. The molecule has 0 aromatic heterocycles. The number of hydrogen-bond donors (Lipinski definition) is 1. The van der Waals surface area contributed by atoms with Crippen molar-refractivity contribution in [1.82, 2.24) is 5.43 Å². The highest BCUT2D eigenvalue weighted by Crippen LogP contribution is 2.22. The van der Waals surface area contributed by atoms with Crippen molar-refractivity contribution >= 4 is 34.8 Å². The molecular weight excluding hydrogens is 323 g/mol. The summed E-state index contributed by atoms with van der Waals surface area (Å²) < 4.78 is 5.32. The van der Waals surface area contributed by atoms with Gasteiger partial charge in [-0.05, 0) is 36.8 Å². The van der Waals surface area contributed by atoms with Crippen molar-refractivity contribution in [2.75, 3.05) is 6.61 Å². The van der Waals surface area contributed by atoms with Gasteiger partial charge in [-0.25, -0.2) is 5.43 Å². The Labute approximate surface area is 138 Å². The highest BCUT2D eigenvalue weighted by molar-refractivity contribution is 6.32. The molecule has 4 nitrogen and oxygen atoms in total. The van der Waals surface area contributed by atoms with Crippen LogP contribution in [0.2, 0.25) is 10.0 Å². The standard InChI is InChI=1S/C16H14Cl2N2O2/c1-11(12-6-8-13(17)9-7-12)19-20-16(21)10-22-15-5-3-2-4-14(15)18/h2-9H,10H2,1H3,(H,20,21)/b19-11+. The van der Waals surface area contributed by atoms with E-state index >= 15 is 0 Å². The Hall–Kier alpha value is -2.04. The van der Waals surface area contributed by atoms with Crippen LogP contribution in [0.25, 0.3) is 0 Å². The molecule has 0 aliphatic carbocycles. The second-order valence-electron chi connectivity index (χ2n) is 4.46. The number of hydrazone groups is 1. The molecule has 0 heterocycles. The lowest BCUT2D eigenvalue weighted by Gasteiger charge is -2.07. The van der Waals surface area contributed by atoms with E-state index in [4.69, 9.17) is 27.9 Å². The number of carbonyl (C=O) groups excluding carboxylic acids is 1. The van der Waals surface area contributed by atoms with Gasteiger partial charge < -0.3 is 4.74 Å². The quantitative estimate of drug-likeness (QED) is 0.664. The Morgan fingerprint density at radius 2 is 1.82 bits per heavy atom. The number of nitrogens with zero attached hydrogens (tertiary/aromatic N) is 1. The van der Waals surface area contributed by atoms with E-state index in [0.29, 0.717) is 21.5 Å². The number of rotatable bonds is 5. The van der Waals surface area contributed by atoms with E-state index in [0.717, 1.165) is 5.56 Å². The van der Waals surface area contributed by atoms with E-state index in [1.54, 1.807) is 43.3 Å². The maximum Gasteiger partial charge on any atom is 0.277 e. The summed E-state index contributed by atoms with van der Waals surface area (Å²) in [5.41, 5.74) is 3.97. The van der Waals surface area contributed by atoms with Gasteiger partial charge in [-0.2, -0.15) is 5.10 Å². The van der Waals surface area contributed by atoms with Gasteiger partial charge in [0.2, 0.25) is 0 Å². The summed E-state index contributed by atoms with van der Waals surface area (Å²) in [5, 5.41) is 5.12. The predicted octanol–water partition coefficient (Wildman–Crippen LogP) is 3.91. The van der Waals surface area contributed by atoms with Gasteiger partial charge in [-0.3, -0.25) is 4.79 Å². The molecule has 0 radical (unpaired) electrons.